The Bertz CT molecular complexity index is 132. The molecule has 0 unspecified atom stereocenters. The maximum Gasteiger partial charge on any atom is 0.0657 e. The van der Waals surface area contributed by atoms with E-state index >= 15 is 0 Å². The van der Waals surface area contributed by atoms with Crippen LogP contribution in [-0.2, 0) is 4.84 Å². The van der Waals surface area contributed by atoms with Gasteiger partial charge < -0.3 is 0 Å². The second kappa shape index (κ2) is 7.24. The van der Waals surface area contributed by atoms with Gasteiger partial charge in [0, 0.05) is 12.6 Å². The molecule has 2 nitrogen and oxygen atoms in total. The summed E-state index contributed by atoms with van der Waals surface area (Å²) >= 11 is 0. The topological polar surface area (TPSA) is 12.5 Å². The van der Waals surface area contributed by atoms with Crippen molar-refractivity contribution in [2.24, 2.45) is 0 Å². The molecule has 14 heavy (non-hydrogen) atoms. The van der Waals surface area contributed by atoms with Crippen molar-refractivity contribution in [3.8, 4) is 0 Å². The summed E-state index contributed by atoms with van der Waals surface area (Å²) in [6.45, 7) is 6.27. The minimum Gasteiger partial charge on any atom is -0.299 e. The average Bonchev–Trinajstić information content (AvgIpc) is 2.25. The SMILES string of the molecule is CCCCN(OCC)C1CCCCC1. The molecule has 0 aromatic heterocycles. The largest absolute Gasteiger partial charge is 0.299 e. The van der Waals surface area contributed by atoms with Gasteiger partial charge in [0.2, 0.25) is 0 Å². The van der Waals surface area contributed by atoms with Crippen LogP contribution in [0.3, 0.4) is 0 Å². The van der Waals surface area contributed by atoms with E-state index in [-0.39, 0.29) is 0 Å². The molecule has 0 N–H and O–H groups in total. The first-order valence-electron chi connectivity index (χ1n) is 6.28. The molecule has 0 aliphatic heterocycles. The summed E-state index contributed by atoms with van der Waals surface area (Å²) in [5, 5.41) is 2.25. The van der Waals surface area contributed by atoms with Crippen molar-refractivity contribution in [1.82, 2.24) is 5.06 Å². The molecule has 1 aliphatic rings. The molecule has 0 saturated heterocycles. The van der Waals surface area contributed by atoms with Crippen molar-refractivity contribution in [2.75, 3.05) is 13.2 Å². The first-order chi connectivity index (χ1) is 6.88. The molecular formula is C12H25NO. The van der Waals surface area contributed by atoms with Crippen LogP contribution < -0.4 is 0 Å². The van der Waals surface area contributed by atoms with Gasteiger partial charge in [0.15, 0.2) is 0 Å². The Morgan fingerprint density at radius 2 is 1.86 bits per heavy atom. The van der Waals surface area contributed by atoms with Gasteiger partial charge in [0.25, 0.3) is 0 Å². The van der Waals surface area contributed by atoms with Crippen LogP contribution >= 0.6 is 0 Å². The number of hydrogen-bond donors (Lipinski definition) is 0. The maximum atomic E-state index is 5.72. The Morgan fingerprint density at radius 3 is 2.43 bits per heavy atom. The molecule has 84 valence electrons. The summed E-state index contributed by atoms with van der Waals surface area (Å²) < 4.78 is 0. The van der Waals surface area contributed by atoms with E-state index in [9.17, 15) is 0 Å². The molecule has 1 fully saturated rings. The molecular weight excluding hydrogens is 174 g/mol. The monoisotopic (exact) mass is 199 g/mol. The van der Waals surface area contributed by atoms with Gasteiger partial charge in [-0.05, 0) is 26.2 Å². The maximum absolute atomic E-state index is 5.72. The molecule has 1 aliphatic carbocycles. The lowest BCUT2D eigenvalue weighted by atomic mass is 9.95. The highest BCUT2D eigenvalue weighted by atomic mass is 16.7. The third kappa shape index (κ3) is 3.97. The summed E-state index contributed by atoms with van der Waals surface area (Å²) in [4.78, 5) is 5.72. The summed E-state index contributed by atoms with van der Waals surface area (Å²) in [5.41, 5.74) is 0. The molecule has 0 amide bonds. The smallest absolute Gasteiger partial charge is 0.0657 e. The van der Waals surface area contributed by atoms with Crippen molar-refractivity contribution < 1.29 is 4.84 Å². The zero-order valence-electron chi connectivity index (χ0n) is 9.80. The molecule has 0 heterocycles. The molecule has 1 rings (SSSR count). The van der Waals surface area contributed by atoms with Crippen LogP contribution in [0.1, 0.15) is 58.8 Å². The first-order valence-corrected chi connectivity index (χ1v) is 6.28. The number of nitrogens with zero attached hydrogens (tertiary/aromatic N) is 1. The van der Waals surface area contributed by atoms with Crippen LogP contribution in [0.25, 0.3) is 0 Å². The Kier molecular flexibility index (Phi) is 6.20. The van der Waals surface area contributed by atoms with Crippen LogP contribution in [0.4, 0.5) is 0 Å². The molecule has 0 aromatic carbocycles. The quantitative estimate of drug-likeness (QED) is 0.608. The fraction of sp³-hybridized carbons (Fsp3) is 1.00. The number of rotatable bonds is 6. The van der Waals surface area contributed by atoms with Crippen LogP contribution in [0, 0.1) is 0 Å². The van der Waals surface area contributed by atoms with Crippen molar-refractivity contribution in [3.05, 3.63) is 0 Å². The second-order valence-corrected chi connectivity index (χ2v) is 4.20. The zero-order valence-corrected chi connectivity index (χ0v) is 9.80. The highest BCUT2D eigenvalue weighted by Gasteiger charge is 2.20. The van der Waals surface area contributed by atoms with Gasteiger partial charge in [-0.15, -0.1) is 0 Å². The predicted molar refractivity (Wildman–Crippen MR) is 60.1 cm³/mol. The standard InChI is InChI=1S/C12H25NO/c1-3-5-11-13(14-4-2)12-9-7-6-8-10-12/h12H,3-11H2,1-2H3. The number of hydrogen-bond acceptors (Lipinski definition) is 2. The fourth-order valence-corrected chi connectivity index (χ4v) is 2.20. The van der Waals surface area contributed by atoms with E-state index in [1.54, 1.807) is 0 Å². The van der Waals surface area contributed by atoms with Gasteiger partial charge in [0.05, 0.1) is 6.61 Å². The van der Waals surface area contributed by atoms with E-state index < -0.39 is 0 Å². The highest BCUT2D eigenvalue weighted by Crippen LogP contribution is 2.23. The van der Waals surface area contributed by atoms with Crippen LogP contribution in [0.15, 0.2) is 0 Å². The van der Waals surface area contributed by atoms with E-state index in [4.69, 9.17) is 4.84 Å². The third-order valence-corrected chi connectivity index (χ3v) is 3.01. The minimum absolute atomic E-state index is 0.704. The Hall–Kier alpha value is -0.0800. The van der Waals surface area contributed by atoms with Crippen LogP contribution in [0.5, 0.6) is 0 Å². The predicted octanol–water partition coefficient (Wildman–Crippen LogP) is 3.37. The van der Waals surface area contributed by atoms with E-state index in [2.05, 4.69) is 18.9 Å². The Labute approximate surface area is 88.6 Å². The van der Waals surface area contributed by atoms with Gasteiger partial charge in [-0.1, -0.05) is 32.6 Å². The van der Waals surface area contributed by atoms with Crippen molar-refractivity contribution in [2.45, 2.75) is 64.8 Å². The summed E-state index contributed by atoms with van der Waals surface area (Å²) in [7, 11) is 0. The van der Waals surface area contributed by atoms with Gasteiger partial charge in [-0.3, -0.25) is 4.84 Å². The van der Waals surface area contributed by atoms with E-state index in [0.717, 1.165) is 13.2 Å². The molecule has 2 heteroatoms. The van der Waals surface area contributed by atoms with Gasteiger partial charge >= 0.3 is 0 Å². The third-order valence-electron chi connectivity index (χ3n) is 3.01. The van der Waals surface area contributed by atoms with Crippen molar-refractivity contribution in [3.63, 3.8) is 0 Å². The molecule has 0 atom stereocenters. The minimum atomic E-state index is 0.704. The van der Waals surface area contributed by atoms with Crippen LogP contribution in [0.2, 0.25) is 0 Å². The second-order valence-electron chi connectivity index (χ2n) is 4.20. The molecule has 1 saturated carbocycles. The summed E-state index contributed by atoms with van der Waals surface area (Å²) in [6, 6.07) is 0.704. The molecule has 0 spiro atoms. The lowest BCUT2D eigenvalue weighted by Crippen LogP contribution is -2.37. The first kappa shape index (κ1) is 12.0. The normalized spacial score (nSPS) is 19.1. The lowest BCUT2D eigenvalue weighted by molar-refractivity contribution is -0.189. The van der Waals surface area contributed by atoms with E-state index in [0.29, 0.717) is 6.04 Å². The highest BCUT2D eigenvalue weighted by molar-refractivity contribution is 4.71. The van der Waals surface area contributed by atoms with E-state index in [1.165, 1.54) is 44.9 Å². The summed E-state index contributed by atoms with van der Waals surface area (Å²) in [6.07, 6.45) is 9.39. The average molecular weight is 199 g/mol. The van der Waals surface area contributed by atoms with Gasteiger partial charge in [-0.2, -0.15) is 5.06 Å². The lowest BCUT2D eigenvalue weighted by Gasteiger charge is -2.32. The molecule has 0 aromatic rings. The summed E-state index contributed by atoms with van der Waals surface area (Å²) in [5.74, 6) is 0. The molecule has 0 radical (unpaired) electrons. The van der Waals surface area contributed by atoms with Gasteiger partial charge in [0.1, 0.15) is 0 Å². The number of hydroxylamine groups is 2. The molecule has 0 bridgehead atoms. The van der Waals surface area contributed by atoms with Crippen LogP contribution in [-0.4, -0.2) is 24.3 Å². The number of unbranched alkanes of at least 4 members (excludes halogenated alkanes) is 1. The fourth-order valence-electron chi connectivity index (χ4n) is 2.20. The van der Waals surface area contributed by atoms with Crippen molar-refractivity contribution in [1.29, 1.82) is 0 Å². The van der Waals surface area contributed by atoms with E-state index in [1.807, 2.05) is 0 Å². The van der Waals surface area contributed by atoms with Gasteiger partial charge in [-0.25, -0.2) is 0 Å². The Balaban J connectivity index is 2.30. The zero-order chi connectivity index (χ0) is 10.2. The van der Waals surface area contributed by atoms with Crippen molar-refractivity contribution >= 4 is 0 Å². The Morgan fingerprint density at radius 1 is 1.14 bits per heavy atom.